The fraction of sp³-hybridized carbons (Fsp3) is 0.542. The minimum Gasteiger partial charge on any atom is -0.496 e. The molecule has 0 N–H and O–H groups in total. The average Bonchev–Trinajstić information content (AvgIpc) is 3.17. The summed E-state index contributed by atoms with van der Waals surface area (Å²) in [6.45, 7) is 7.53. The normalized spacial score (nSPS) is 17.3. The van der Waals surface area contributed by atoms with Gasteiger partial charge in [0, 0.05) is 38.3 Å². The Morgan fingerprint density at radius 3 is 2.73 bits per heavy atom. The summed E-state index contributed by atoms with van der Waals surface area (Å²) in [4.78, 5) is 20.9. The van der Waals surface area contributed by atoms with Gasteiger partial charge < -0.3 is 14.5 Å². The van der Waals surface area contributed by atoms with Gasteiger partial charge in [0.05, 0.1) is 12.0 Å². The van der Waals surface area contributed by atoms with E-state index >= 15 is 0 Å². The number of hydrogen-bond donors (Lipinski definition) is 0. The van der Waals surface area contributed by atoms with Crippen LogP contribution in [-0.2, 0) is 6.54 Å². The molecule has 0 unspecified atom stereocenters. The highest BCUT2D eigenvalue weighted by Gasteiger charge is 2.26. The summed E-state index contributed by atoms with van der Waals surface area (Å²) in [5.74, 6) is 1.64. The predicted octanol–water partition coefficient (Wildman–Crippen LogP) is 3.98. The second kappa shape index (κ2) is 10.9. The minimum atomic E-state index is 0.186. The number of methoxy groups -OCH3 is 1. The Morgan fingerprint density at radius 1 is 1.23 bits per heavy atom. The van der Waals surface area contributed by atoms with Crippen molar-refractivity contribution in [2.45, 2.75) is 26.3 Å². The van der Waals surface area contributed by atoms with Crippen LogP contribution < -0.4 is 4.74 Å². The van der Waals surface area contributed by atoms with Crippen LogP contribution in [0.3, 0.4) is 0 Å². The molecule has 164 valence electrons. The Bertz CT molecular complexity index is 820. The number of aryl methyl sites for hydroxylation is 1. The number of carbonyl (C=O) groups is 1. The molecule has 5 nitrogen and oxygen atoms in total. The molecular weight excluding hydrogens is 394 g/mol. The molecule has 1 atom stereocenters. The Hall–Kier alpha value is -1.89. The number of piperidine rings is 1. The fourth-order valence-corrected chi connectivity index (χ4v) is 5.05. The van der Waals surface area contributed by atoms with Gasteiger partial charge in [-0.2, -0.15) is 0 Å². The van der Waals surface area contributed by atoms with Crippen molar-refractivity contribution in [2.75, 3.05) is 53.9 Å². The number of likely N-dealkylation sites (N-methyl/N-ethyl adjacent to an activating group) is 1. The van der Waals surface area contributed by atoms with Gasteiger partial charge in [0.2, 0.25) is 0 Å². The first-order valence-corrected chi connectivity index (χ1v) is 11.7. The van der Waals surface area contributed by atoms with Crippen LogP contribution in [0.1, 0.15) is 33.6 Å². The number of carbonyl (C=O) groups excluding carboxylic acids is 1. The Labute approximate surface area is 185 Å². The third-order valence-corrected chi connectivity index (χ3v) is 6.83. The number of hydrogen-bond acceptors (Lipinski definition) is 5. The van der Waals surface area contributed by atoms with E-state index < -0.39 is 0 Å². The van der Waals surface area contributed by atoms with Crippen molar-refractivity contribution in [1.29, 1.82) is 0 Å². The molecule has 1 fully saturated rings. The molecule has 3 rings (SSSR count). The molecule has 0 spiro atoms. The van der Waals surface area contributed by atoms with E-state index in [1.165, 1.54) is 18.4 Å². The molecule has 0 bridgehead atoms. The van der Waals surface area contributed by atoms with Gasteiger partial charge in [-0.15, -0.1) is 11.3 Å². The first-order valence-electron chi connectivity index (χ1n) is 10.8. The number of rotatable bonds is 9. The summed E-state index contributed by atoms with van der Waals surface area (Å²) in [5, 5.41) is 2.02. The van der Waals surface area contributed by atoms with Crippen molar-refractivity contribution in [3.63, 3.8) is 0 Å². The molecule has 30 heavy (non-hydrogen) atoms. The Kier molecular flexibility index (Phi) is 8.31. The van der Waals surface area contributed by atoms with Gasteiger partial charge in [0.1, 0.15) is 5.75 Å². The molecule has 0 aliphatic carbocycles. The number of thiophene rings is 1. The maximum atomic E-state index is 13.3. The third kappa shape index (κ3) is 6.06. The molecule has 1 aromatic heterocycles. The number of likely N-dealkylation sites (tertiary alicyclic amines) is 1. The van der Waals surface area contributed by atoms with Crippen LogP contribution in [0.15, 0.2) is 35.7 Å². The van der Waals surface area contributed by atoms with Gasteiger partial charge in [-0.3, -0.25) is 9.69 Å². The summed E-state index contributed by atoms with van der Waals surface area (Å²) < 4.78 is 5.53. The zero-order chi connectivity index (χ0) is 21.5. The van der Waals surface area contributed by atoms with E-state index in [4.69, 9.17) is 4.74 Å². The Morgan fingerprint density at radius 2 is 2.03 bits per heavy atom. The van der Waals surface area contributed by atoms with Gasteiger partial charge in [0.25, 0.3) is 5.91 Å². The predicted molar refractivity (Wildman–Crippen MR) is 125 cm³/mol. The quantitative estimate of drug-likeness (QED) is 0.604. The van der Waals surface area contributed by atoms with E-state index in [0.717, 1.165) is 55.5 Å². The molecule has 1 aliphatic heterocycles. The number of nitrogens with zero attached hydrogens (tertiary/aromatic N) is 3. The van der Waals surface area contributed by atoms with E-state index in [2.05, 4.69) is 40.9 Å². The van der Waals surface area contributed by atoms with Crippen LogP contribution in [0.5, 0.6) is 5.75 Å². The van der Waals surface area contributed by atoms with Crippen molar-refractivity contribution in [1.82, 2.24) is 14.7 Å². The third-order valence-electron chi connectivity index (χ3n) is 5.83. The van der Waals surface area contributed by atoms with E-state index in [-0.39, 0.29) is 5.91 Å². The molecule has 0 saturated carbocycles. The van der Waals surface area contributed by atoms with Crippen LogP contribution in [0, 0.1) is 12.8 Å². The maximum absolute atomic E-state index is 13.3. The van der Waals surface area contributed by atoms with Crippen molar-refractivity contribution in [3.05, 3.63) is 51.7 Å². The van der Waals surface area contributed by atoms with Crippen molar-refractivity contribution in [3.8, 4) is 5.75 Å². The van der Waals surface area contributed by atoms with Crippen molar-refractivity contribution < 1.29 is 9.53 Å². The molecule has 1 saturated heterocycles. The SMILES string of the molecule is COc1ccccc1CN1CCC[C@@H](CN(CCN(C)C)C(=O)c2sccc2C)C1. The van der Waals surface area contributed by atoms with Crippen LogP contribution in [0.25, 0.3) is 0 Å². The van der Waals surface area contributed by atoms with Gasteiger partial charge in [-0.25, -0.2) is 0 Å². The second-order valence-electron chi connectivity index (χ2n) is 8.54. The van der Waals surface area contributed by atoms with Gasteiger partial charge in [0.15, 0.2) is 0 Å². The lowest BCUT2D eigenvalue weighted by atomic mass is 9.96. The van der Waals surface area contributed by atoms with Crippen LogP contribution in [0.2, 0.25) is 0 Å². The first kappa shape index (κ1) is 22.8. The van der Waals surface area contributed by atoms with E-state index in [1.54, 1.807) is 18.4 Å². The van der Waals surface area contributed by atoms with E-state index in [0.29, 0.717) is 5.92 Å². The van der Waals surface area contributed by atoms with Crippen molar-refractivity contribution in [2.24, 2.45) is 5.92 Å². The summed E-state index contributed by atoms with van der Waals surface area (Å²) in [6, 6.07) is 10.3. The first-order chi connectivity index (χ1) is 14.5. The number of amides is 1. The molecule has 1 aromatic carbocycles. The molecule has 6 heteroatoms. The van der Waals surface area contributed by atoms with Crippen LogP contribution in [-0.4, -0.2) is 74.5 Å². The molecule has 0 radical (unpaired) electrons. The van der Waals surface area contributed by atoms with Gasteiger partial charge >= 0.3 is 0 Å². The minimum absolute atomic E-state index is 0.186. The van der Waals surface area contributed by atoms with E-state index in [1.807, 2.05) is 30.5 Å². The second-order valence-corrected chi connectivity index (χ2v) is 9.46. The highest BCUT2D eigenvalue weighted by atomic mass is 32.1. The number of ether oxygens (including phenoxy) is 1. The topological polar surface area (TPSA) is 36.0 Å². The molecule has 2 heterocycles. The zero-order valence-corrected chi connectivity index (χ0v) is 19.6. The maximum Gasteiger partial charge on any atom is 0.264 e. The monoisotopic (exact) mass is 429 g/mol. The van der Waals surface area contributed by atoms with Crippen LogP contribution in [0.4, 0.5) is 0 Å². The summed E-state index contributed by atoms with van der Waals surface area (Å²) in [7, 11) is 5.86. The van der Waals surface area contributed by atoms with Crippen molar-refractivity contribution >= 4 is 17.2 Å². The highest BCUT2D eigenvalue weighted by molar-refractivity contribution is 7.12. The standard InChI is InChI=1S/C24H35N3O2S/c1-19-11-15-30-23(19)24(28)27(14-13-25(2)3)17-20-8-7-12-26(16-20)18-21-9-5-6-10-22(21)29-4/h5-6,9-11,15,20H,7-8,12-14,16-18H2,1-4H3/t20-/m1/s1. The van der Waals surface area contributed by atoms with Crippen LogP contribution >= 0.6 is 11.3 Å². The lowest BCUT2D eigenvalue weighted by Gasteiger charge is -2.36. The Balaban J connectivity index is 1.66. The summed E-state index contributed by atoms with van der Waals surface area (Å²) in [6.07, 6.45) is 2.35. The number of benzene rings is 1. The van der Waals surface area contributed by atoms with Gasteiger partial charge in [-0.1, -0.05) is 18.2 Å². The summed E-state index contributed by atoms with van der Waals surface area (Å²) in [5.41, 5.74) is 2.32. The molecule has 1 aliphatic rings. The smallest absolute Gasteiger partial charge is 0.264 e. The molecular formula is C24H35N3O2S. The lowest BCUT2D eigenvalue weighted by molar-refractivity contribution is 0.0664. The van der Waals surface area contributed by atoms with Gasteiger partial charge in [-0.05, 0) is 69.4 Å². The fourth-order valence-electron chi connectivity index (χ4n) is 4.16. The average molecular weight is 430 g/mol. The lowest BCUT2D eigenvalue weighted by Crippen LogP contribution is -2.44. The number of para-hydroxylation sites is 1. The molecule has 1 amide bonds. The highest BCUT2D eigenvalue weighted by Crippen LogP contribution is 2.25. The molecule has 2 aromatic rings. The summed E-state index contributed by atoms with van der Waals surface area (Å²) >= 11 is 1.56. The van der Waals surface area contributed by atoms with E-state index in [9.17, 15) is 4.79 Å². The zero-order valence-electron chi connectivity index (χ0n) is 18.8. The largest absolute Gasteiger partial charge is 0.496 e.